The van der Waals surface area contributed by atoms with E-state index < -0.39 is 11.7 Å². The number of carbonyl (C=O) groups is 1. The number of nitrogens with zero attached hydrogens (tertiary/aromatic N) is 3. The maximum absolute atomic E-state index is 12.7. The number of benzene rings is 2. The lowest BCUT2D eigenvalue weighted by Gasteiger charge is -2.19. The summed E-state index contributed by atoms with van der Waals surface area (Å²) in [5.41, 5.74) is 1.62. The molecule has 1 atom stereocenters. The third-order valence-electron chi connectivity index (χ3n) is 5.05. The number of carbonyl (C=O) groups excluding carboxylic acids is 1. The first-order chi connectivity index (χ1) is 13.9. The monoisotopic (exact) mass is 401 g/mol. The fraction of sp³-hybridized carbons (Fsp3) is 0.286. The fourth-order valence-electron chi connectivity index (χ4n) is 3.51. The second-order valence-electron chi connectivity index (χ2n) is 6.92. The smallest absolute Gasteiger partial charge is 0.334 e. The van der Waals surface area contributed by atoms with E-state index in [2.05, 4.69) is 10.1 Å². The van der Waals surface area contributed by atoms with E-state index in [9.17, 15) is 18.0 Å². The van der Waals surface area contributed by atoms with Crippen LogP contribution in [0.5, 0.6) is 0 Å². The highest BCUT2D eigenvalue weighted by molar-refractivity contribution is 5.97. The largest absolute Gasteiger partial charge is 0.416 e. The molecule has 3 aromatic rings. The Bertz CT molecular complexity index is 1030. The summed E-state index contributed by atoms with van der Waals surface area (Å²) in [6.07, 6.45) is -3.34. The van der Waals surface area contributed by atoms with Crippen LogP contribution < -0.4 is 4.90 Å². The number of aryl methyl sites for hydroxylation is 1. The van der Waals surface area contributed by atoms with Crippen LogP contribution in [0.25, 0.3) is 11.5 Å². The van der Waals surface area contributed by atoms with Gasteiger partial charge in [0.2, 0.25) is 5.91 Å². The Labute approximate surface area is 165 Å². The molecule has 1 unspecified atom stereocenters. The van der Waals surface area contributed by atoms with Crippen LogP contribution in [0.4, 0.5) is 18.9 Å². The van der Waals surface area contributed by atoms with Gasteiger partial charge in [0.25, 0.3) is 5.89 Å². The van der Waals surface area contributed by atoms with Gasteiger partial charge in [-0.15, -0.1) is 0 Å². The molecule has 0 radical (unpaired) electrons. The van der Waals surface area contributed by atoms with Crippen molar-refractivity contribution in [3.63, 3.8) is 0 Å². The SMILES string of the molecule is CCc1ccccc1N1CC(c2noc(-c3ccc(C(F)(F)F)cc3)n2)CC1=O. The Kier molecular flexibility index (Phi) is 4.86. The number of hydrogen-bond donors (Lipinski definition) is 0. The topological polar surface area (TPSA) is 59.2 Å². The minimum atomic E-state index is -4.40. The van der Waals surface area contributed by atoms with E-state index in [1.807, 2.05) is 31.2 Å². The van der Waals surface area contributed by atoms with Crippen LogP contribution in [0, 0.1) is 0 Å². The summed E-state index contributed by atoms with van der Waals surface area (Å²) in [4.78, 5) is 18.6. The third-order valence-corrected chi connectivity index (χ3v) is 5.05. The molecule has 1 fully saturated rings. The van der Waals surface area contributed by atoms with Crippen molar-refractivity contribution in [3.05, 3.63) is 65.5 Å². The van der Waals surface area contributed by atoms with Gasteiger partial charge in [-0.1, -0.05) is 30.3 Å². The maximum Gasteiger partial charge on any atom is 0.416 e. The van der Waals surface area contributed by atoms with Crippen LogP contribution in [-0.2, 0) is 17.4 Å². The molecule has 0 saturated carbocycles. The summed E-state index contributed by atoms with van der Waals surface area (Å²) in [7, 11) is 0. The Hall–Kier alpha value is -3.16. The number of anilines is 1. The van der Waals surface area contributed by atoms with E-state index in [1.54, 1.807) is 4.90 Å². The minimum absolute atomic E-state index is 0.0169. The van der Waals surface area contributed by atoms with Gasteiger partial charge in [-0.25, -0.2) is 0 Å². The van der Waals surface area contributed by atoms with Gasteiger partial charge in [-0.3, -0.25) is 4.79 Å². The predicted molar refractivity (Wildman–Crippen MR) is 100 cm³/mol. The summed E-state index contributed by atoms with van der Waals surface area (Å²) in [6.45, 7) is 2.47. The predicted octanol–water partition coefficient (Wildman–Crippen LogP) is 4.84. The first-order valence-corrected chi connectivity index (χ1v) is 9.26. The zero-order valence-corrected chi connectivity index (χ0v) is 15.6. The van der Waals surface area contributed by atoms with E-state index in [0.717, 1.165) is 29.8 Å². The molecule has 2 heterocycles. The first-order valence-electron chi connectivity index (χ1n) is 9.26. The number of alkyl halides is 3. The van der Waals surface area contributed by atoms with Gasteiger partial charge in [0, 0.05) is 30.1 Å². The molecule has 0 aliphatic carbocycles. The Morgan fingerprint density at radius 1 is 1.14 bits per heavy atom. The van der Waals surface area contributed by atoms with E-state index in [1.165, 1.54) is 12.1 Å². The Morgan fingerprint density at radius 3 is 2.55 bits per heavy atom. The molecule has 0 N–H and O–H groups in total. The lowest BCUT2D eigenvalue weighted by Crippen LogP contribution is -2.25. The molecule has 150 valence electrons. The maximum atomic E-state index is 12.7. The number of hydrogen-bond acceptors (Lipinski definition) is 4. The van der Waals surface area contributed by atoms with Crippen molar-refractivity contribution in [1.82, 2.24) is 10.1 Å². The van der Waals surface area contributed by atoms with Gasteiger partial charge in [-0.05, 0) is 42.3 Å². The first kappa shape index (κ1) is 19.2. The molecule has 1 amide bonds. The molecular weight excluding hydrogens is 383 g/mol. The molecule has 8 heteroatoms. The van der Waals surface area contributed by atoms with Gasteiger partial charge in [0.05, 0.1) is 5.56 Å². The molecule has 1 saturated heterocycles. The van der Waals surface area contributed by atoms with Crippen molar-refractivity contribution >= 4 is 11.6 Å². The highest BCUT2D eigenvalue weighted by Gasteiger charge is 2.35. The second-order valence-corrected chi connectivity index (χ2v) is 6.92. The average molecular weight is 401 g/mol. The van der Waals surface area contributed by atoms with E-state index >= 15 is 0 Å². The molecule has 0 bridgehead atoms. The molecule has 1 aliphatic rings. The highest BCUT2D eigenvalue weighted by atomic mass is 19.4. The summed E-state index contributed by atoms with van der Waals surface area (Å²) in [5, 5.41) is 3.96. The molecule has 4 rings (SSSR count). The fourth-order valence-corrected chi connectivity index (χ4v) is 3.51. The van der Waals surface area contributed by atoms with Gasteiger partial charge < -0.3 is 9.42 Å². The van der Waals surface area contributed by atoms with Crippen LogP contribution in [0.2, 0.25) is 0 Å². The standard InChI is InChI=1S/C21H18F3N3O2/c1-2-13-5-3-4-6-17(13)27-12-15(11-18(27)28)19-25-20(29-26-19)14-7-9-16(10-8-14)21(22,23)24/h3-10,15H,2,11-12H2,1H3. The normalized spacial score (nSPS) is 17.2. The number of para-hydroxylation sites is 1. The third kappa shape index (κ3) is 3.74. The van der Waals surface area contributed by atoms with Crippen LogP contribution in [0.3, 0.4) is 0 Å². The summed E-state index contributed by atoms with van der Waals surface area (Å²) < 4.78 is 43.4. The summed E-state index contributed by atoms with van der Waals surface area (Å²) >= 11 is 0. The zero-order valence-electron chi connectivity index (χ0n) is 15.6. The van der Waals surface area contributed by atoms with Crippen LogP contribution in [0.15, 0.2) is 53.1 Å². The molecule has 1 aromatic heterocycles. The Balaban J connectivity index is 1.54. The van der Waals surface area contributed by atoms with E-state index in [4.69, 9.17) is 4.52 Å². The van der Waals surface area contributed by atoms with Crippen molar-refractivity contribution in [2.75, 3.05) is 11.4 Å². The molecule has 29 heavy (non-hydrogen) atoms. The molecule has 0 spiro atoms. The molecule has 1 aliphatic heterocycles. The summed E-state index contributed by atoms with van der Waals surface area (Å²) in [5.74, 6) is 0.259. The Morgan fingerprint density at radius 2 is 1.86 bits per heavy atom. The number of halogens is 3. The summed E-state index contributed by atoms with van der Waals surface area (Å²) in [6, 6.07) is 12.3. The van der Waals surface area contributed by atoms with Crippen molar-refractivity contribution in [2.45, 2.75) is 31.9 Å². The zero-order chi connectivity index (χ0) is 20.6. The van der Waals surface area contributed by atoms with Gasteiger partial charge in [-0.2, -0.15) is 18.2 Å². The van der Waals surface area contributed by atoms with Gasteiger partial charge in [0.15, 0.2) is 5.82 Å². The number of rotatable bonds is 4. The van der Waals surface area contributed by atoms with E-state index in [0.29, 0.717) is 17.9 Å². The minimum Gasteiger partial charge on any atom is -0.334 e. The van der Waals surface area contributed by atoms with Crippen molar-refractivity contribution in [1.29, 1.82) is 0 Å². The van der Waals surface area contributed by atoms with Crippen LogP contribution in [0.1, 0.15) is 36.2 Å². The quantitative estimate of drug-likeness (QED) is 0.628. The van der Waals surface area contributed by atoms with Gasteiger partial charge in [0.1, 0.15) is 0 Å². The van der Waals surface area contributed by atoms with Crippen LogP contribution in [-0.4, -0.2) is 22.6 Å². The lowest BCUT2D eigenvalue weighted by molar-refractivity contribution is -0.137. The van der Waals surface area contributed by atoms with E-state index in [-0.39, 0.29) is 24.1 Å². The van der Waals surface area contributed by atoms with Crippen molar-refractivity contribution in [3.8, 4) is 11.5 Å². The molecule has 5 nitrogen and oxygen atoms in total. The van der Waals surface area contributed by atoms with Crippen molar-refractivity contribution in [2.24, 2.45) is 0 Å². The van der Waals surface area contributed by atoms with Gasteiger partial charge >= 0.3 is 6.18 Å². The highest BCUT2D eigenvalue weighted by Crippen LogP contribution is 2.34. The van der Waals surface area contributed by atoms with Crippen LogP contribution >= 0.6 is 0 Å². The second kappa shape index (κ2) is 7.35. The van der Waals surface area contributed by atoms with Crippen molar-refractivity contribution < 1.29 is 22.5 Å². The lowest BCUT2D eigenvalue weighted by atomic mass is 10.1. The average Bonchev–Trinajstić information content (AvgIpc) is 3.34. The molecular formula is C21H18F3N3O2. The number of aromatic nitrogens is 2. The number of amides is 1. The molecule has 2 aromatic carbocycles.